The van der Waals surface area contributed by atoms with Crippen LogP contribution in [0.25, 0.3) is 0 Å². The minimum atomic E-state index is -0.534. The summed E-state index contributed by atoms with van der Waals surface area (Å²) in [6, 6.07) is 28.1. The van der Waals surface area contributed by atoms with Gasteiger partial charge in [-0.1, -0.05) is 78.9 Å². The molecule has 3 heteroatoms. The summed E-state index contributed by atoms with van der Waals surface area (Å²) in [4.78, 5) is 2.16. The van der Waals surface area contributed by atoms with Crippen LogP contribution in [0.3, 0.4) is 0 Å². The van der Waals surface area contributed by atoms with Crippen molar-refractivity contribution in [2.45, 2.75) is 32.2 Å². The Morgan fingerprint density at radius 3 is 2.15 bits per heavy atom. The molecule has 0 heterocycles. The highest BCUT2D eigenvalue weighted by atomic mass is 16.5. The van der Waals surface area contributed by atoms with Gasteiger partial charge in [-0.2, -0.15) is 0 Å². The van der Waals surface area contributed by atoms with Crippen LogP contribution in [0.4, 0.5) is 0 Å². The summed E-state index contributed by atoms with van der Waals surface area (Å²) in [5.41, 5.74) is 3.20. The van der Waals surface area contributed by atoms with Gasteiger partial charge in [-0.15, -0.1) is 0 Å². The number of rotatable bonds is 8. The second kappa shape index (κ2) is 9.36. The molecule has 140 valence electrons. The Kier molecular flexibility index (Phi) is 6.64. The molecule has 2 unspecified atom stereocenters. The number of para-hydroxylation sites is 1. The first kappa shape index (κ1) is 19.2. The number of aliphatic hydroxyl groups is 1. The predicted octanol–water partition coefficient (Wildman–Crippen LogP) is 4.82. The topological polar surface area (TPSA) is 32.7 Å². The molecule has 0 saturated carbocycles. The van der Waals surface area contributed by atoms with Gasteiger partial charge in [-0.3, -0.25) is 4.90 Å². The molecule has 0 aromatic heterocycles. The van der Waals surface area contributed by atoms with Crippen molar-refractivity contribution in [1.29, 1.82) is 0 Å². The maximum atomic E-state index is 10.7. The Labute approximate surface area is 161 Å². The molecule has 1 N–H and O–H groups in total. The van der Waals surface area contributed by atoms with Crippen molar-refractivity contribution in [1.82, 2.24) is 4.90 Å². The molecule has 0 aliphatic carbocycles. The fourth-order valence-corrected chi connectivity index (χ4v) is 3.09. The lowest BCUT2D eigenvalue weighted by Gasteiger charge is -2.29. The fraction of sp³-hybridized carbons (Fsp3) is 0.250. The molecule has 0 aliphatic heterocycles. The lowest BCUT2D eigenvalue weighted by molar-refractivity contribution is 0.0683. The van der Waals surface area contributed by atoms with Crippen LogP contribution in [0.15, 0.2) is 84.9 Å². The van der Waals surface area contributed by atoms with E-state index in [9.17, 15) is 5.11 Å². The summed E-state index contributed by atoms with van der Waals surface area (Å²) >= 11 is 0. The predicted molar refractivity (Wildman–Crippen MR) is 110 cm³/mol. The van der Waals surface area contributed by atoms with Crippen molar-refractivity contribution in [2.24, 2.45) is 0 Å². The van der Waals surface area contributed by atoms with Gasteiger partial charge in [-0.25, -0.2) is 0 Å². The zero-order chi connectivity index (χ0) is 19.1. The first-order chi connectivity index (χ1) is 13.1. The number of hydrogen-bond acceptors (Lipinski definition) is 3. The van der Waals surface area contributed by atoms with Crippen LogP contribution in [-0.2, 0) is 13.2 Å². The van der Waals surface area contributed by atoms with Crippen LogP contribution in [0, 0.1) is 0 Å². The van der Waals surface area contributed by atoms with Crippen molar-refractivity contribution in [3.05, 3.63) is 102 Å². The molecule has 2 atom stereocenters. The Bertz CT molecular complexity index is 820. The van der Waals surface area contributed by atoms with Crippen LogP contribution < -0.4 is 4.74 Å². The van der Waals surface area contributed by atoms with Gasteiger partial charge in [0.15, 0.2) is 0 Å². The molecule has 0 fully saturated rings. The number of ether oxygens (including phenoxy) is 1. The van der Waals surface area contributed by atoms with E-state index in [4.69, 9.17) is 4.74 Å². The fourth-order valence-electron chi connectivity index (χ4n) is 3.09. The molecular formula is C24H27NO2. The van der Waals surface area contributed by atoms with Gasteiger partial charge in [0, 0.05) is 18.2 Å². The minimum Gasteiger partial charge on any atom is -0.489 e. The van der Waals surface area contributed by atoms with Crippen LogP contribution in [0.5, 0.6) is 5.75 Å². The Morgan fingerprint density at radius 2 is 1.44 bits per heavy atom. The third-order valence-corrected chi connectivity index (χ3v) is 4.92. The average Bonchev–Trinajstić information content (AvgIpc) is 2.73. The van der Waals surface area contributed by atoms with Crippen molar-refractivity contribution in [2.75, 3.05) is 7.05 Å². The molecule has 3 aromatic rings. The third kappa shape index (κ3) is 5.19. The Morgan fingerprint density at radius 1 is 0.852 bits per heavy atom. The number of nitrogens with zero attached hydrogens (tertiary/aromatic N) is 1. The lowest BCUT2D eigenvalue weighted by Crippen LogP contribution is -2.34. The van der Waals surface area contributed by atoms with Crippen LogP contribution in [0.2, 0.25) is 0 Å². The molecule has 0 aliphatic rings. The summed E-state index contributed by atoms with van der Waals surface area (Å²) in [6.45, 7) is 3.30. The van der Waals surface area contributed by atoms with Gasteiger partial charge in [-0.05, 0) is 31.2 Å². The number of hydrogen-bond donors (Lipinski definition) is 1. The number of benzene rings is 3. The highest BCUT2D eigenvalue weighted by Crippen LogP contribution is 2.25. The minimum absolute atomic E-state index is 0.0189. The van der Waals surface area contributed by atoms with Crippen LogP contribution in [-0.4, -0.2) is 23.1 Å². The summed E-state index contributed by atoms with van der Waals surface area (Å²) in [5, 5.41) is 10.7. The quantitative estimate of drug-likeness (QED) is 0.624. The van der Waals surface area contributed by atoms with Crippen LogP contribution in [0.1, 0.15) is 29.7 Å². The standard InChI is InChI=1S/C24H27NO2/c1-19(24(26)21-13-7-4-8-14-21)25(2)17-22-15-9-10-16-23(22)27-18-20-11-5-3-6-12-20/h3-16,19,24,26H,17-18H2,1-2H3. The smallest absolute Gasteiger partial charge is 0.124 e. The van der Waals surface area contributed by atoms with Gasteiger partial charge in [0.2, 0.25) is 0 Å². The Hall–Kier alpha value is -2.62. The summed E-state index contributed by atoms with van der Waals surface area (Å²) in [7, 11) is 2.03. The maximum absolute atomic E-state index is 10.7. The zero-order valence-electron chi connectivity index (χ0n) is 16.0. The van der Waals surface area contributed by atoms with Gasteiger partial charge < -0.3 is 9.84 Å². The van der Waals surface area contributed by atoms with E-state index in [1.54, 1.807) is 0 Å². The normalized spacial score (nSPS) is 13.3. The maximum Gasteiger partial charge on any atom is 0.124 e. The molecule has 0 saturated heterocycles. The van der Waals surface area contributed by atoms with Crippen LogP contribution >= 0.6 is 0 Å². The third-order valence-electron chi connectivity index (χ3n) is 4.92. The van der Waals surface area contributed by atoms with E-state index < -0.39 is 6.10 Å². The van der Waals surface area contributed by atoms with E-state index in [2.05, 4.69) is 23.1 Å². The summed E-state index contributed by atoms with van der Waals surface area (Å²) in [6.07, 6.45) is -0.534. The molecule has 3 nitrogen and oxygen atoms in total. The molecule has 0 amide bonds. The van der Waals surface area contributed by atoms with Gasteiger partial charge in [0.25, 0.3) is 0 Å². The Balaban J connectivity index is 1.66. The average molecular weight is 361 g/mol. The van der Waals surface area contributed by atoms with E-state index in [1.165, 1.54) is 0 Å². The zero-order valence-corrected chi connectivity index (χ0v) is 16.0. The lowest BCUT2D eigenvalue weighted by atomic mass is 10.0. The summed E-state index contributed by atoms with van der Waals surface area (Å²) in [5.74, 6) is 0.884. The van der Waals surface area contributed by atoms with E-state index >= 15 is 0 Å². The van der Waals surface area contributed by atoms with Crippen molar-refractivity contribution in [3.63, 3.8) is 0 Å². The van der Waals surface area contributed by atoms with E-state index in [0.29, 0.717) is 13.2 Å². The molecule has 0 radical (unpaired) electrons. The number of aliphatic hydroxyl groups excluding tert-OH is 1. The molecule has 0 spiro atoms. The first-order valence-corrected chi connectivity index (χ1v) is 9.33. The van der Waals surface area contributed by atoms with Crippen molar-refractivity contribution < 1.29 is 9.84 Å². The largest absolute Gasteiger partial charge is 0.489 e. The first-order valence-electron chi connectivity index (χ1n) is 9.33. The molecule has 0 bridgehead atoms. The summed E-state index contributed by atoms with van der Waals surface area (Å²) < 4.78 is 6.06. The van der Waals surface area contributed by atoms with E-state index in [1.807, 2.05) is 80.7 Å². The van der Waals surface area contributed by atoms with E-state index in [0.717, 1.165) is 22.4 Å². The van der Waals surface area contributed by atoms with E-state index in [-0.39, 0.29) is 6.04 Å². The molecule has 27 heavy (non-hydrogen) atoms. The van der Waals surface area contributed by atoms with Gasteiger partial charge in [0.1, 0.15) is 12.4 Å². The van der Waals surface area contributed by atoms with Gasteiger partial charge >= 0.3 is 0 Å². The second-order valence-corrected chi connectivity index (χ2v) is 6.89. The number of likely N-dealkylation sites (N-methyl/N-ethyl adjacent to an activating group) is 1. The molecule has 3 aromatic carbocycles. The van der Waals surface area contributed by atoms with Gasteiger partial charge in [0.05, 0.1) is 6.10 Å². The highest BCUT2D eigenvalue weighted by molar-refractivity contribution is 5.33. The van der Waals surface area contributed by atoms with Crippen molar-refractivity contribution in [3.8, 4) is 5.75 Å². The SMILES string of the molecule is CC(C(O)c1ccccc1)N(C)Cc1ccccc1OCc1ccccc1. The monoisotopic (exact) mass is 361 g/mol. The highest BCUT2D eigenvalue weighted by Gasteiger charge is 2.21. The molecule has 3 rings (SSSR count). The molecular weight excluding hydrogens is 334 g/mol. The second-order valence-electron chi connectivity index (χ2n) is 6.89. The van der Waals surface area contributed by atoms with Crippen molar-refractivity contribution >= 4 is 0 Å².